The molecule has 1 nitrogen and oxygen atoms in total. The van der Waals surface area contributed by atoms with E-state index in [1.54, 1.807) is 0 Å². The molecule has 0 saturated carbocycles. The van der Waals surface area contributed by atoms with Crippen LogP contribution in [0, 0.1) is 17.0 Å². The molecule has 0 aliphatic carbocycles. The zero-order valence-corrected chi connectivity index (χ0v) is 12.4. The van der Waals surface area contributed by atoms with Gasteiger partial charge in [0.15, 0.2) is 0 Å². The first-order valence-corrected chi connectivity index (χ1v) is 7.02. The van der Waals surface area contributed by atoms with E-state index >= 15 is 0 Å². The first-order chi connectivity index (χ1) is 8.84. The highest BCUT2D eigenvalue weighted by atomic mass is 19.1. The minimum absolute atomic E-state index is 0.110. The normalized spacial score (nSPS) is 13.6. The predicted octanol–water partition coefficient (Wildman–Crippen LogP) is 4.31. The number of benzene rings is 1. The highest BCUT2D eigenvalue weighted by molar-refractivity contribution is 5.19. The molecule has 0 heterocycles. The average molecular weight is 269 g/mol. The van der Waals surface area contributed by atoms with Crippen molar-refractivity contribution < 1.29 is 8.78 Å². The van der Waals surface area contributed by atoms with Gasteiger partial charge in [0.05, 0.1) is 0 Å². The van der Waals surface area contributed by atoms with Gasteiger partial charge >= 0.3 is 0 Å². The van der Waals surface area contributed by atoms with Crippen molar-refractivity contribution in [1.29, 1.82) is 0 Å². The van der Waals surface area contributed by atoms with Crippen LogP contribution < -0.4 is 5.32 Å². The zero-order valence-electron chi connectivity index (χ0n) is 12.4. The summed E-state index contributed by atoms with van der Waals surface area (Å²) >= 11 is 0. The Morgan fingerprint density at radius 3 is 2.47 bits per heavy atom. The lowest BCUT2D eigenvalue weighted by Crippen LogP contribution is -2.41. The lowest BCUT2D eigenvalue weighted by atomic mass is 9.83. The third-order valence-corrected chi connectivity index (χ3v) is 3.40. The van der Waals surface area contributed by atoms with Gasteiger partial charge in [0.25, 0.3) is 0 Å². The summed E-state index contributed by atoms with van der Waals surface area (Å²) in [5.74, 6) is -0.685. The number of halogens is 2. The average Bonchev–Trinajstić information content (AvgIpc) is 2.31. The number of aryl methyl sites for hydroxylation is 1. The topological polar surface area (TPSA) is 12.0 Å². The van der Waals surface area contributed by atoms with Gasteiger partial charge in [-0.15, -0.1) is 0 Å². The highest BCUT2D eigenvalue weighted by Gasteiger charge is 2.23. The second kappa shape index (κ2) is 6.99. The lowest BCUT2D eigenvalue weighted by Gasteiger charge is -2.32. The van der Waals surface area contributed by atoms with Crippen molar-refractivity contribution in [2.24, 2.45) is 5.41 Å². The SMILES string of the molecule is CCCNC(CCc1cc(F)ccc1F)C(C)(C)C. The van der Waals surface area contributed by atoms with Gasteiger partial charge in [-0.1, -0.05) is 27.7 Å². The maximum absolute atomic E-state index is 13.6. The minimum Gasteiger partial charge on any atom is -0.313 e. The van der Waals surface area contributed by atoms with Gasteiger partial charge in [0.1, 0.15) is 11.6 Å². The summed E-state index contributed by atoms with van der Waals surface area (Å²) in [5.41, 5.74) is 0.575. The fourth-order valence-electron chi connectivity index (χ4n) is 2.19. The van der Waals surface area contributed by atoms with Gasteiger partial charge in [0.2, 0.25) is 0 Å². The maximum atomic E-state index is 13.6. The Balaban J connectivity index is 2.67. The van der Waals surface area contributed by atoms with E-state index in [-0.39, 0.29) is 17.0 Å². The smallest absolute Gasteiger partial charge is 0.126 e. The molecule has 1 aromatic carbocycles. The molecule has 0 aliphatic rings. The first kappa shape index (κ1) is 16.1. The van der Waals surface area contributed by atoms with E-state index in [2.05, 4.69) is 33.0 Å². The molecule has 0 saturated heterocycles. The van der Waals surface area contributed by atoms with Crippen LogP contribution in [0.1, 0.15) is 46.1 Å². The van der Waals surface area contributed by atoms with E-state index in [9.17, 15) is 8.78 Å². The molecule has 0 aromatic heterocycles. The van der Waals surface area contributed by atoms with Crippen LogP contribution in [0.25, 0.3) is 0 Å². The van der Waals surface area contributed by atoms with Gasteiger partial charge in [-0.05, 0) is 55.0 Å². The van der Waals surface area contributed by atoms with Crippen molar-refractivity contribution in [1.82, 2.24) is 5.32 Å². The molecule has 0 fully saturated rings. The van der Waals surface area contributed by atoms with Crippen LogP contribution in [0.3, 0.4) is 0 Å². The van der Waals surface area contributed by atoms with Crippen molar-refractivity contribution in [2.75, 3.05) is 6.54 Å². The summed E-state index contributed by atoms with van der Waals surface area (Å²) in [6, 6.07) is 3.97. The molecule has 3 heteroatoms. The number of rotatable bonds is 6. The molecule has 108 valence electrons. The second-order valence-corrected chi connectivity index (χ2v) is 6.15. The van der Waals surface area contributed by atoms with Crippen LogP contribution in [-0.2, 0) is 6.42 Å². The summed E-state index contributed by atoms with van der Waals surface area (Å²) in [4.78, 5) is 0. The molecule has 1 aromatic rings. The Bertz CT molecular complexity index is 396. The molecule has 0 bridgehead atoms. The fraction of sp³-hybridized carbons (Fsp3) is 0.625. The van der Waals surface area contributed by atoms with Gasteiger partial charge in [-0.2, -0.15) is 0 Å². The van der Waals surface area contributed by atoms with E-state index in [0.717, 1.165) is 25.5 Å². The Morgan fingerprint density at radius 2 is 1.89 bits per heavy atom. The predicted molar refractivity (Wildman–Crippen MR) is 76.2 cm³/mol. The third-order valence-electron chi connectivity index (χ3n) is 3.40. The molecule has 1 unspecified atom stereocenters. The Morgan fingerprint density at radius 1 is 1.21 bits per heavy atom. The Kier molecular flexibility index (Phi) is 5.92. The van der Waals surface area contributed by atoms with Crippen LogP contribution in [0.2, 0.25) is 0 Å². The lowest BCUT2D eigenvalue weighted by molar-refractivity contribution is 0.254. The molecule has 0 amide bonds. The second-order valence-electron chi connectivity index (χ2n) is 6.15. The van der Waals surface area contributed by atoms with E-state index in [1.807, 2.05) is 0 Å². The van der Waals surface area contributed by atoms with Crippen molar-refractivity contribution in [3.63, 3.8) is 0 Å². The van der Waals surface area contributed by atoms with Gasteiger partial charge in [-0.25, -0.2) is 8.78 Å². The molecule has 1 N–H and O–H groups in total. The highest BCUT2D eigenvalue weighted by Crippen LogP contribution is 2.24. The van der Waals surface area contributed by atoms with Crippen LogP contribution in [0.5, 0.6) is 0 Å². The summed E-state index contributed by atoms with van der Waals surface area (Å²) in [5, 5.41) is 3.50. The maximum Gasteiger partial charge on any atom is 0.126 e. The summed E-state index contributed by atoms with van der Waals surface area (Å²) in [6.45, 7) is 9.58. The van der Waals surface area contributed by atoms with Crippen LogP contribution in [0.4, 0.5) is 8.78 Å². The molecule has 0 spiro atoms. The zero-order chi connectivity index (χ0) is 14.5. The Labute approximate surface area is 115 Å². The first-order valence-electron chi connectivity index (χ1n) is 7.02. The fourth-order valence-corrected chi connectivity index (χ4v) is 2.19. The molecular weight excluding hydrogens is 244 g/mol. The molecule has 1 rings (SSSR count). The van der Waals surface area contributed by atoms with Crippen molar-refractivity contribution in [2.45, 2.75) is 53.0 Å². The van der Waals surface area contributed by atoms with Crippen molar-refractivity contribution in [3.05, 3.63) is 35.4 Å². The molecule has 1 atom stereocenters. The van der Waals surface area contributed by atoms with E-state index < -0.39 is 0 Å². The number of nitrogens with one attached hydrogen (secondary N) is 1. The number of hydrogen-bond donors (Lipinski definition) is 1. The van der Waals surface area contributed by atoms with Crippen molar-refractivity contribution >= 4 is 0 Å². The standard InChI is InChI=1S/C16H25F2N/c1-5-10-19-15(16(2,3)4)9-6-12-11-13(17)7-8-14(12)18/h7-8,11,15,19H,5-6,9-10H2,1-4H3. The van der Waals surface area contributed by atoms with Gasteiger partial charge in [0, 0.05) is 6.04 Å². The summed E-state index contributed by atoms with van der Waals surface area (Å²) in [7, 11) is 0. The molecule has 19 heavy (non-hydrogen) atoms. The van der Waals surface area contributed by atoms with E-state index in [0.29, 0.717) is 18.0 Å². The van der Waals surface area contributed by atoms with Gasteiger partial charge < -0.3 is 5.32 Å². The summed E-state index contributed by atoms with van der Waals surface area (Å²) < 4.78 is 26.7. The number of hydrogen-bond acceptors (Lipinski definition) is 1. The third kappa shape index (κ3) is 5.27. The van der Waals surface area contributed by atoms with Crippen LogP contribution in [-0.4, -0.2) is 12.6 Å². The summed E-state index contributed by atoms with van der Waals surface area (Å²) in [6.07, 6.45) is 2.44. The monoisotopic (exact) mass is 269 g/mol. The van der Waals surface area contributed by atoms with E-state index in [1.165, 1.54) is 12.1 Å². The minimum atomic E-state index is -0.370. The van der Waals surface area contributed by atoms with Crippen LogP contribution >= 0.6 is 0 Å². The molecular formula is C16H25F2N. The Hall–Kier alpha value is -0.960. The van der Waals surface area contributed by atoms with Gasteiger partial charge in [-0.3, -0.25) is 0 Å². The van der Waals surface area contributed by atoms with Crippen LogP contribution in [0.15, 0.2) is 18.2 Å². The largest absolute Gasteiger partial charge is 0.313 e. The molecule has 0 aliphatic heterocycles. The van der Waals surface area contributed by atoms with E-state index in [4.69, 9.17) is 0 Å². The molecule has 0 radical (unpaired) electrons. The van der Waals surface area contributed by atoms with Crippen molar-refractivity contribution in [3.8, 4) is 0 Å². The quantitative estimate of drug-likeness (QED) is 0.811.